The van der Waals surface area contributed by atoms with E-state index in [0.717, 1.165) is 16.7 Å². The molecule has 0 heterocycles. The maximum Gasteiger partial charge on any atom is 0.179 e. The average Bonchev–Trinajstić information content (AvgIpc) is 2.48. The number of hydrogen-bond donors (Lipinski definition) is 1. The van der Waals surface area contributed by atoms with E-state index >= 15 is 0 Å². The van der Waals surface area contributed by atoms with E-state index in [1.54, 1.807) is 12.1 Å². The van der Waals surface area contributed by atoms with Gasteiger partial charge >= 0.3 is 0 Å². The van der Waals surface area contributed by atoms with Gasteiger partial charge in [-0.15, -0.1) is 0 Å². The predicted octanol–water partition coefficient (Wildman–Crippen LogP) is 3.80. The van der Waals surface area contributed by atoms with Crippen LogP contribution in [0.25, 0.3) is 0 Å². The predicted molar refractivity (Wildman–Crippen MR) is 82.9 cm³/mol. The van der Waals surface area contributed by atoms with E-state index in [0.29, 0.717) is 6.54 Å². The highest BCUT2D eigenvalue weighted by Crippen LogP contribution is 2.12. The topological polar surface area (TPSA) is 29.1 Å². The van der Waals surface area contributed by atoms with Crippen LogP contribution in [-0.4, -0.2) is 11.8 Å². The van der Waals surface area contributed by atoms with Crippen molar-refractivity contribution < 1.29 is 9.18 Å². The van der Waals surface area contributed by atoms with Crippen molar-refractivity contribution in [1.82, 2.24) is 5.32 Å². The fourth-order valence-electron chi connectivity index (χ4n) is 2.11. The monoisotopic (exact) mass is 285 g/mol. The molecule has 0 saturated carbocycles. The summed E-state index contributed by atoms with van der Waals surface area (Å²) in [5.41, 5.74) is 3.97. The van der Waals surface area contributed by atoms with E-state index in [-0.39, 0.29) is 17.6 Å². The summed E-state index contributed by atoms with van der Waals surface area (Å²) in [5, 5.41) is 3.18. The molecular formula is C18H20FNO. The number of Topliss-reactive ketones (excluding diaryl/α,β-unsaturated/α-hetero) is 1. The third kappa shape index (κ3) is 3.99. The van der Waals surface area contributed by atoms with Gasteiger partial charge in [0.1, 0.15) is 5.82 Å². The van der Waals surface area contributed by atoms with Crippen molar-refractivity contribution in [1.29, 1.82) is 0 Å². The van der Waals surface area contributed by atoms with Gasteiger partial charge in [0, 0.05) is 12.1 Å². The Kier molecular flexibility index (Phi) is 4.86. The van der Waals surface area contributed by atoms with Crippen LogP contribution in [0.2, 0.25) is 0 Å². The summed E-state index contributed by atoms with van der Waals surface area (Å²) >= 11 is 0. The molecule has 1 atom stereocenters. The third-order valence-electron chi connectivity index (χ3n) is 3.71. The van der Waals surface area contributed by atoms with Crippen LogP contribution in [-0.2, 0) is 6.54 Å². The van der Waals surface area contributed by atoms with Gasteiger partial charge in [0.25, 0.3) is 0 Å². The van der Waals surface area contributed by atoms with Crippen molar-refractivity contribution in [2.45, 2.75) is 33.4 Å². The molecule has 0 aliphatic rings. The van der Waals surface area contributed by atoms with Gasteiger partial charge in [-0.25, -0.2) is 4.39 Å². The van der Waals surface area contributed by atoms with Gasteiger partial charge in [0.15, 0.2) is 5.78 Å². The quantitative estimate of drug-likeness (QED) is 0.847. The summed E-state index contributed by atoms with van der Waals surface area (Å²) in [6.45, 7) is 6.42. The molecule has 2 aromatic carbocycles. The van der Waals surface area contributed by atoms with Gasteiger partial charge < -0.3 is 5.32 Å². The zero-order chi connectivity index (χ0) is 15.4. The molecule has 3 heteroatoms. The molecule has 1 N–H and O–H groups in total. The first-order valence-corrected chi connectivity index (χ1v) is 7.06. The largest absolute Gasteiger partial charge is 0.303 e. The molecule has 0 bridgehead atoms. The fraction of sp³-hybridized carbons (Fsp3) is 0.278. The Morgan fingerprint density at radius 1 is 1.10 bits per heavy atom. The van der Waals surface area contributed by atoms with Crippen LogP contribution in [0.5, 0.6) is 0 Å². The normalized spacial score (nSPS) is 12.2. The zero-order valence-electron chi connectivity index (χ0n) is 12.6. The van der Waals surface area contributed by atoms with Gasteiger partial charge in [-0.2, -0.15) is 0 Å². The molecule has 110 valence electrons. The molecular weight excluding hydrogens is 265 g/mol. The summed E-state index contributed by atoms with van der Waals surface area (Å²) < 4.78 is 12.8. The minimum Gasteiger partial charge on any atom is -0.303 e. The van der Waals surface area contributed by atoms with Gasteiger partial charge in [0.2, 0.25) is 0 Å². The molecule has 0 amide bonds. The van der Waals surface area contributed by atoms with Crippen molar-refractivity contribution in [3.8, 4) is 0 Å². The molecule has 0 aliphatic carbocycles. The molecule has 0 aliphatic heterocycles. The van der Waals surface area contributed by atoms with E-state index in [1.807, 2.05) is 39.0 Å². The number of halogens is 1. The van der Waals surface area contributed by atoms with Crippen LogP contribution in [0, 0.1) is 19.7 Å². The van der Waals surface area contributed by atoms with Crippen molar-refractivity contribution >= 4 is 5.78 Å². The van der Waals surface area contributed by atoms with E-state index in [4.69, 9.17) is 0 Å². The van der Waals surface area contributed by atoms with Crippen molar-refractivity contribution in [3.63, 3.8) is 0 Å². The van der Waals surface area contributed by atoms with Gasteiger partial charge in [-0.05, 0) is 55.7 Å². The van der Waals surface area contributed by atoms with Gasteiger partial charge in [-0.3, -0.25) is 4.79 Å². The van der Waals surface area contributed by atoms with E-state index in [1.165, 1.54) is 17.7 Å². The average molecular weight is 285 g/mol. The SMILES string of the molecule is Cc1ccc(C(=O)C(C)NCc2ccc(F)cc2)cc1C. The Bertz CT molecular complexity index is 634. The van der Waals surface area contributed by atoms with E-state index in [9.17, 15) is 9.18 Å². The molecule has 0 radical (unpaired) electrons. The highest BCUT2D eigenvalue weighted by Gasteiger charge is 2.15. The van der Waals surface area contributed by atoms with E-state index in [2.05, 4.69) is 5.32 Å². The van der Waals surface area contributed by atoms with Crippen molar-refractivity contribution in [3.05, 3.63) is 70.5 Å². The second-order valence-corrected chi connectivity index (χ2v) is 5.39. The Morgan fingerprint density at radius 2 is 1.76 bits per heavy atom. The molecule has 21 heavy (non-hydrogen) atoms. The van der Waals surface area contributed by atoms with Crippen LogP contribution >= 0.6 is 0 Å². The summed E-state index contributed by atoms with van der Waals surface area (Å²) in [6, 6.07) is 11.8. The number of rotatable bonds is 5. The Hall–Kier alpha value is -2.00. The number of hydrogen-bond acceptors (Lipinski definition) is 2. The number of nitrogens with one attached hydrogen (secondary N) is 1. The molecule has 0 spiro atoms. The van der Waals surface area contributed by atoms with Gasteiger partial charge in [0.05, 0.1) is 6.04 Å². The highest BCUT2D eigenvalue weighted by atomic mass is 19.1. The third-order valence-corrected chi connectivity index (χ3v) is 3.71. The molecule has 2 aromatic rings. The first kappa shape index (κ1) is 15.4. The standard InChI is InChI=1S/C18H20FNO/c1-12-4-7-16(10-13(12)2)18(21)14(3)20-11-15-5-8-17(19)9-6-15/h4-10,14,20H,11H2,1-3H3. The summed E-state index contributed by atoms with van der Waals surface area (Å²) in [4.78, 5) is 12.4. The zero-order valence-corrected chi connectivity index (χ0v) is 12.6. The first-order chi connectivity index (χ1) is 9.97. The van der Waals surface area contributed by atoms with Crippen LogP contribution < -0.4 is 5.32 Å². The number of ketones is 1. The maximum atomic E-state index is 12.8. The summed E-state index contributed by atoms with van der Waals surface area (Å²) in [5.74, 6) is -0.182. The maximum absolute atomic E-state index is 12.8. The number of benzene rings is 2. The number of carbonyl (C=O) groups is 1. The summed E-state index contributed by atoms with van der Waals surface area (Å²) in [7, 11) is 0. The minimum absolute atomic E-state index is 0.0696. The Labute approximate surface area is 125 Å². The number of carbonyl (C=O) groups excluding carboxylic acids is 1. The lowest BCUT2D eigenvalue weighted by Crippen LogP contribution is -2.33. The molecule has 0 saturated heterocycles. The molecule has 0 fully saturated rings. The minimum atomic E-state index is -0.280. The highest BCUT2D eigenvalue weighted by molar-refractivity contribution is 6.00. The van der Waals surface area contributed by atoms with Crippen molar-refractivity contribution in [2.24, 2.45) is 0 Å². The lowest BCUT2D eigenvalue weighted by Gasteiger charge is -2.14. The smallest absolute Gasteiger partial charge is 0.179 e. The molecule has 2 nitrogen and oxygen atoms in total. The molecule has 2 rings (SSSR count). The van der Waals surface area contributed by atoms with Crippen LogP contribution in [0.15, 0.2) is 42.5 Å². The van der Waals surface area contributed by atoms with Gasteiger partial charge in [-0.1, -0.05) is 24.3 Å². The Morgan fingerprint density at radius 3 is 2.38 bits per heavy atom. The first-order valence-electron chi connectivity index (χ1n) is 7.06. The van der Waals surface area contributed by atoms with E-state index < -0.39 is 0 Å². The molecule has 0 aromatic heterocycles. The fourth-order valence-corrected chi connectivity index (χ4v) is 2.11. The Balaban J connectivity index is 1.99. The second-order valence-electron chi connectivity index (χ2n) is 5.39. The van der Waals surface area contributed by atoms with Crippen LogP contribution in [0.4, 0.5) is 4.39 Å². The van der Waals surface area contributed by atoms with Crippen LogP contribution in [0.3, 0.4) is 0 Å². The van der Waals surface area contributed by atoms with Crippen molar-refractivity contribution in [2.75, 3.05) is 0 Å². The summed E-state index contributed by atoms with van der Waals surface area (Å²) in [6.07, 6.45) is 0. The lowest BCUT2D eigenvalue weighted by molar-refractivity contribution is 0.0950. The lowest BCUT2D eigenvalue weighted by atomic mass is 10.0. The molecule has 1 unspecified atom stereocenters. The number of aryl methyl sites for hydroxylation is 2. The second kappa shape index (κ2) is 6.64. The van der Waals surface area contributed by atoms with Crippen LogP contribution in [0.1, 0.15) is 34.0 Å².